The van der Waals surface area contributed by atoms with E-state index in [1.807, 2.05) is 0 Å². The van der Waals surface area contributed by atoms with Crippen molar-refractivity contribution in [3.8, 4) is 0 Å². The van der Waals surface area contributed by atoms with E-state index in [2.05, 4.69) is 17.5 Å². The first kappa shape index (κ1) is 14.7. The maximum Gasteiger partial charge on any atom is 0.240 e. The Bertz CT molecular complexity index is 601. The second kappa shape index (κ2) is 5.17. The van der Waals surface area contributed by atoms with E-state index in [1.54, 1.807) is 0 Å². The molecule has 1 saturated heterocycles. The number of hydrogen-bond acceptors (Lipinski definition) is 3. The molecule has 2 bridgehead atoms. The molecule has 6 rings (SSSR count). The predicted octanol–water partition coefficient (Wildman–Crippen LogP) is 1.49. The predicted molar refractivity (Wildman–Crippen MR) is 86.4 cm³/mol. The zero-order chi connectivity index (χ0) is 16.4. The molecule has 1 aliphatic heterocycles. The lowest BCUT2D eigenvalue weighted by Crippen LogP contribution is -2.45. The summed E-state index contributed by atoms with van der Waals surface area (Å²) < 4.78 is 0. The maximum atomic E-state index is 12.8. The molecule has 0 aromatic heterocycles. The van der Waals surface area contributed by atoms with E-state index in [0.29, 0.717) is 11.8 Å². The highest BCUT2D eigenvalue weighted by molar-refractivity contribution is 6.08. The standard InChI is InChI=1S/C19H24N2O3/c22-15(20-10-4-2-1-3-5-10)9-21-18(23)16-11-6-7-12(14-8-13(11)14)17(16)19(21)24/h6-7,10-14,16-17H,1-5,8-9H2,(H,20,22)/t11-,12-,13-,14-,16-,17+/m0/s1. The smallest absolute Gasteiger partial charge is 0.240 e. The van der Waals surface area contributed by atoms with Gasteiger partial charge in [-0.05, 0) is 42.9 Å². The molecule has 0 spiro atoms. The first-order valence-corrected chi connectivity index (χ1v) is 9.48. The number of hydrogen-bond donors (Lipinski definition) is 1. The van der Waals surface area contributed by atoms with Crippen molar-refractivity contribution in [3.63, 3.8) is 0 Å². The summed E-state index contributed by atoms with van der Waals surface area (Å²) in [5, 5.41) is 3.02. The molecule has 5 nitrogen and oxygen atoms in total. The lowest BCUT2D eigenvalue weighted by molar-refractivity contribution is -0.144. The van der Waals surface area contributed by atoms with Gasteiger partial charge in [0.1, 0.15) is 6.54 Å². The minimum absolute atomic E-state index is 0.0874. The number of nitrogens with one attached hydrogen (secondary N) is 1. The van der Waals surface area contributed by atoms with Crippen LogP contribution in [-0.2, 0) is 14.4 Å². The van der Waals surface area contributed by atoms with E-state index in [0.717, 1.165) is 32.1 Å². The van der Waals surface area contributed by atoms with Gasteiger partial charge in [0.05, 0.1) is 11.8 Å². The molecule has 5 aliphatic carbocycles. The van der Waals surface area contributed by atoms with E-state index in [1.165, 1.54) is 11.3 Å². The van der Waals surface area contributed by atoms with Crippen LogP contribution >= 0.6 is 0 Å². The van der Waals surface area contributed by atoms with Crippen molar-refractivity contribution < 1.29 is 14.4 Å². The summed E-state index contributed by atoms with van der Waals surface area (Å²) >= 11 is 0. The molecule has 6 aliphatic rings. The van der Waals surface area contributed by atoms with Crippen LogP contribution in [-0.4, -0.2) is 35.2 Å². The van der Waals surface area contributed by atoms with Crippen LogP contribution in [0.25, 0.3) is 0 Å². The van der Waals surface area contributed by atoms with E-state index >= 15 is 0 Å². The molecule has 0 unspecified atom stereocenters. The molecule has 0 radical (unpaired) electrons. The van der Waals surface area contributed by atoms with Crippen LogP contribution in [0.3, 0.4) is 0 Å². The molecule has 4 fully saturated rings. The normalized spacial score (nSPS) is 42.9. The fourth-order valence-corrected chi connectivity index (χ4v) is 5.84. The van der Waals surface area contributed by atoms with Crippen molar-refractivity contribution in [2.24, 2.45) is 35.5 Å². The zero-order valence-electron chi connectivity index (χ0n) is 13.8. The lowest BCUT2D eigenvalue weighted by atomic mass is 9.63. The monoisotopic (exact) mass is 328 g/mol. The number of imide groups is 1. The Morgan fingerprint density at radius 3 is 2.17 bits per heavy atom. The topological polar surface area (TPSA) is 66.5 Å². The van der Waals surface area contributed by atoms with Crippen molar-refractivity contribution in [3.05, 3.63) is 12.2 Å². The summed E-state index contributed by atoms with van der Waals surface area (Å²) in [6.07, 6.45) is 11.0. The van der Waals surface area contributed by atoms with Crippen molar-refractivity contribution >= 4 is 17.7 Å². The highest BCUT2D eigenvalue weighted by atomic mass is 16.2. The third kappa shape index (κ3) is 2.02. The van der Waals surface area contributed by atoms with Crippen molar-refractivity contribution in [2.45, 2.75) is 44.6 Å². The number of nitrogens with zero attached hydrogens (tertiary/aromatic N) is 1. The highest BCUT2D eigenvalue weighted by Gasteiger charge is 2.67. The van der Waals surface area contributed by atoms with Gasteiger partial charge in [0, 0.05) is 6.04 Å². The fourth-order valence-electron chi connectivity index (χ4n) is 5.84. The van der Waals surface area contributed by atoms with Gasteiger partial charge in [-0.2, -0.15) is 0 Å². The van der Waals surface area contributed by atoms with Crippen LogP contribution in [0.1, 0.15) is 38.5 Å². The summed E-state index contributed by atoms with van der Waals surface area (Å²) in [6, 6.07) is 0.215. The Morgan fingerprint density at radius 1 is 1.00 bits per heavy atom. The lowest BCUT2D eigenvalue weighted by Gasteiger charge is -2.37. The maximum absolute atomic E-state index is 12.8. The molecule has 3 saturated carbocycles. The van der Waals surface area contributed by atoms with E-state index in [-0.39, 0.29) is 54.0 Å². The van der Waals surface area contributed by atoms with Crippen molar-refractivity contribution in [2.75, 3.05) is 6.54 Å². The van der Waals surface area contributed by atoms with Gasteiger partial charge in [-0.3, -0.25) is 19.3 Å². The molecule has 5 heteroatoms. The van der Waals surface area contributed by atoms with Crippen LogP contribution < -0.4 is 5.32 Å². The Labute approximate surface area is 141 Å². The molecular formula is C19H24N2O3. The fraction of sp³-hybridized carbons (Fsp3) is 0.737. The van der Waals surface area contributed by atoms with Crippen LogP contribution in [0.15, 0.2) is 12.2 Å². The van der Waals surface area contributed by atoms with E-state index < -0.39 is 0 Å². The van der Waals surface area contributed by atoms with E-state index in [4.69, 9.17) is 0 Å². The highest BCUT2D eigenvalue weighted by Crippen LogP contribution is 2.65. The van der Waals surface area contributed by atoms with Gasteiger partial charge in [0.25, 0.3) is 0 Å². The molecule has 1 N–H and O–H groups in total. The van der Waals surface area contributed by atoms with Crippen LogP contribution in [0.5, 0.6) is 0 Å². The van der Waals surface area contributed by atoms with Crippen molar-refractivity contribution in [1.82, 2.24) is 10.2 Å². The average Bonchev–Trinajstić information content (AvgIpc) is 3.37. The summed E-state index contributed by atoms with van der Waals surface area (Å²) in [4.78, 5) is 39.2. The number of carbonyl (C=O) groups excluding carboxylic acids is 3. The van der Waals surface area contributed by atoms with E-state index in [9.17, 15) is 14.4 Å². The molecule has 0 aromatic rings. The molecule has 3 amide bonds. The number of rotatable bonds is 3. The Morgan fingerprint density at radius 2 is 1.58 bits per heavy atom. The first-order chi connectivity index (χ1) is 11.6. The number of carbonyl (C=O) groups is 3. The molecule has 6 atom stereocenters. The number of likely N-dealkylation sites (tertiary alicyclic amines) is 1. The molecular weight excluding hydrogens is 304 g/mol. The van der Waals surface area contributed by atoms with Gasteiger partial charge < -0.3 is 5.32 Å². The van der Waals surface area contributed by atoms with Gasteiger partial charge in [-0.1, -0.05) is 31.4 Å². The third-order valence-corrected chi connectivity index (χ3v) is 7.03. The van der Waals surface area contributed by atoms with Gasteiger partial charge >= 0.3 is 0 Å². The van der Waals surface area contributed by atoms with Crippen LogP contribution in [0.2, 0.25) is 0 Å². The summed E-state index contributed by atoms with van der Waals surface area (Å²) in [5.41, 5.74) is 0. The van der Waals surface area contributed by atoms with Gasteiger partial charge in [-0.15, -0.1) is 0 Å². The summed E-state index contributed by atoms with van der Waals surface area (Å²) in [7, 11) is 0. The van der Waals surface area contributed by atoms with Gasteiger partial charge in [0.2, 0.25) is 17.7 Å². The Hall–Kier alpha value is -1.65. The third-order valence-electron chi connectivity index (χ3n) is 7.03. The summed E-state index contributed by atoms with van der Waals surface area (Å²) in [6.45, 7) is -0.0874. The molecule has 1 heterocycles. The van der Waals surface area contributed by atoms with Gasteiger partial charge in [0.15, 0.2) is 0 Å². The van der Waals surface area contributed by atoms with Crippen LogP contribution in [0.4, 0.5) is 0 Å². The minimum atomic E-state index is -0.196. The van der Waals surface area contributed by atoms with Crippen molar-refractivity contribution in [1.29, 1.82) is 0 Å². The van der Waals surface area contributed by atoms with Gasteiger partial charge in [-0.25, -0.2) is 0 Å². The minimum Gasteiger partial charge on any atom is -0.352 e. The first-order valence-electron chi connectivity index (χ1n) is 9.48. The zero-order valence-corrected chi connectivity index (χ0v) is 13.8. The quantitative estimate of drug-likeness (QED) is 0.630. The largest absolute Gasteiger partial charge is 0.352 e. The van der Waals surface area contributed by atoms with Crippen LogP contribution in [0, 0.1) is 35.5 Å². The summed E-state index contributed by atoms with van der Waals surface area (Å²) in [5.74, 6) is 0.899. The Balaban J connectivity index is 1.29. The molecule has 24 heavy (non-hydrogen) atoms. The average molecular weight is 328 g/mol. The molecule has 128 valence electrons. The number of allylic oxidation sites excluding steroid dienone is 2. The second-order valence-electron chi connectivity index (χ2n) is 8.32. The number of amides is 3. The SMILES string of the molecule is O=C(CN1C(=O)[C@@H]2[C@H]3C=C[C@@H]([C@@H]4C[C@@H]34)[C@@H]2C1=O)NC1CCCCC1. The second-order valence-corrected chi connectivity index (χ2v) is 8.32. The Kier molecular flexibility index (Phi) is 3.16. The molecule has 0 aromatic carbocycles.